The molecule has 1 aromatic carbocycles. The zero-order chi connectivity index (χ0) is 14.7. The summed E-state index contributed by atoms with van der Waals surface area (Å²) in [6, 6.07) is 6.72. The van der Waals surface area contributed by atoms with E-state index in [0.717, 1.165) is 16.7 Å². The minimum absolute atomic E-state index is 0.112. The van der Waals surface area contributed by atoms with E-state index in [9.17, 15) is 14.4 Å². The van der Waals surface area contributed by atoms with Gasteiger partial charge in [0.15, 0.2) is 5.37 Å². The Morgan fingerprint density at radius 3 is 2.60 bits per heavy atom. The van der Waals surface area contributed by atoms with Gasteiger partial charge in [0.2, 0.25) is 0 Å². The molecule has 2 amide bonds. The van der Waals surface area contributed by atoms with E-state index in [1.807, 2.05) is 0 Å². The second-order valence-corrected chi connectivity index (χ2v) is 5.54. The molecular formula is C12H11ClN2O4S. The van der Waals surface area contributed by atoms with Crippen molar-refractivity contribution in [1.82, 2.24) is 4.90 Å². The molecule has 0 aliphatic carbocycles. The van der Waals surface area contributed by atoms with Crippen molar-refractivity contribution in [2.24, 2.45) is 0 Å². The number of hydrogen-bond acceptors (Lipinski definition) is 5. The molecule has 2 N–H and O–H groups in total. The summed E-state index contributed by atoms with van der Waals surface area (Å²) in [6.07, 6.45) is -0.258. The van der Waals surface area contributed by atoms with Gasteiger partial charge in [-0.3, -0.25) is 19.3 Å². The van der Waals surface area contributed by atoms with Crippen LogP contribution in [0.25, 0.3) is 0 Å². The number of benzene rings is 1. The van der Waals surface area contributed by atoms with Gasteiger partial charge in [-0.2, -0.15) is 0 Å². The molecule has 1 saturated heterocycles. The lowest BCUT2D eigenvalue weighted by molar-refractivity contribution is -0.137. The second kappa shape index (κ2) is 6.15. The van der Waals surface area contributed by atoms with Gasteiger partial charge < -0.3 is 10.4 Å². The number of aliphatic carboxylic acids is 1. The first kappa shape index (κ1) is 14.7. The van der Waals surface area contributed by atoms with E-state index in [2.05, 4.69) is 5.32 Å². The predicted molar refractivity (Wildman–Crippen MR) is 75.8 cm³/mol. The summed E-state index contributed by atoms with van der Waals surface area (Å²) in [5.41, 5.74) is 0.660. The van der Waals surface area contributed by atoms with Gasteiger partial charge in [0.05, 0.1) is 6.42 Å². The van der Waals surface area contributed by atoms with Gasteiger partial charge >= 0.3 is 5.97 Å². The maximum absolute atomic E-state index is 12.0. The van der Waals surface area contributed by atoms with Crippen LogP contribution in [0.2, 0.25) is 5.02 Å². The first-order valence-electron chi connectivity index (χ1n) is 5.73. The van der Waals surface area contributed by atoms with Gasteiger partial charge in [0.25, 0.3) is 11.1 Å². The number of anilines is 1. The lowest BCUT2D eigenvalue weighted by Gasteiger charge is -2.13. The molecule has 0 radical (unpaired) electrons. The minimum Gasteiger partial charge on any atom is -0.481 e. The number of nitrogens with zero attached hydrogens (tertiary/aromatic N) is 1. The molecule has 0 aromatic heterocycles. The number of carbonyl (C=O) groups is 3. The highest BCUT2D eigenvalue weighted by molar-refractivity contribution is 8.15. The fourth-order valence-corrected chi connectivity index (χ4v) is 2.70. The summed E-state index contributed by atoms with van der Waals surface area (Å²) in [7, 11) is 0. The summed E-state index contributed by atoms with van der Waals surface area (Å²) in [5, 5.41) is 10.9. The van der Waals surface area contributed by atoms with Crippen molar-refractivity contribution in [3.05, 3.63) is 29.3 Å². The Labute approximate surface area is 124 Å². The Balaban J connectivity index is 2.00. The molecule has 0 saturated carbocycles. The van der Waals surface area contributed by atoms with Gasteiger partial charge in [-0.25, -0.2) is 0 Å². The fraction of sp³-hybridized carbons (Fsp3) is 0.250. The maximum Gasteiger partial charge on any atom is 0.305 e. The number of halogens is 1. The third-order valence-corrected chi connectivity index (χ3v) is 3.85. The highest BCUT2D eigenvalue weighted by Gasteiger charge is 2.39. The quantitative estimate of drug-likeness (QED) is 0.867. The summed E-state index contributed by atoms with van der Waals surface area (Å²) >= 11 is 6.59. The Kier molecular flexibility index (Phi) is 4.51. The molecule has 1 aliphatic rings. The van der Waals surface area contributed by atoms with Crippen LogP contribution in [0.4, 0.5) is 10.5 Å². The molecule has 0 unspecified atom stereocenters. The van der Waals surface area contributed by atoms with Gasteiger partial charge in [-0.05, 0) is 36.0 Å². The van der Waals surface area contributed by atoms with E-state index in [1.54, 1.807) is 24.3 Å². The number of carboxylic acids is 1. The van der Waals surface area contributed by atoms with E-state index in [4.69, 9.17) is 16.7 Å². The van der Waals surface area contributed by atoms with Crippen LogP contribution in [0.1, 0.15) is 6.42 Å². The SMILES string of the molecule is O=C(O)CCN1C(=O)S[C@H](Nc2ccc(Cl)cc2)C1=O. The molecule has 8 heteroatoms. The van der Waals surface area contributed by atoms with E-state index < -0.39 is 22.5 Å². The Hall–Kier alpha value is -1.73. The molecule has 0 bridgehead atoms. The number of imide groups is 1. The monoisotopic (exact) mass is 314 g/mol. The number of carboxylic acid groups (broad SMARTS) is 1. The average molecular weight is 315 g/mol. The number of nitrogens with one attached hydrogen (secondary N) is 1. The van der Waals surface area contributed by atoms with Crippen molar-refractivity contribution in [2.75, 3.05) is 11.9 Å². The Bertz CT molecular complexity index is 549. The van der Waals surface area contributed by atoms with Crippen molar-refractivity contribution in [3.63, 3.8) is 0 Å². The highest BCUT2D eigenvalue weighted by atomic mass is 35.5. The first-order chi connectivity index (χ1) is 9.47. The summed E-state index contributed by atoms with van der Waals surface area (Å²) in [4.78, 5) is 35.1. The molecule has 106 valence electrons. The third kappa shape index (κ3) is 3.43. The topological polar surface area (TPSA) is 86.7 Å². The number of thioether (sulfide) groups is 1. The van der Waals surface area contributed by atoms with Crippen molar-refractivity contribution < 1.29 is 19.5 Å². The van der Waals surface area contributed by atoms with Gasteiger partial charge in [-0.15, -0.1) is 0 Å². The van der Waals surface area contributed by atoms with Crippen LogP contribution in [-0.2, 0) is 9.59 Å². The summed E-state index contributed by atoms with van der Waals surface area (Å²) < 4.78 is 0. The summed E-state index contributed by atoms with van der Waals surface area (Å²) in [6.45, 7) is -0.112. The van der Waals surface area contributed by atoms with Crippen LogP contribution in [0.5, 0.6) is 0 Å². The number of amides is 2. The number of hydrogen-bond donors (Lipinski definition) is 2. The Morgan fingerprint density at radius 1 is 1.35 bits per heavy atom. The van der Waals surface area contributed by atoms with Crippen molar-refractivity contribution in [3.8, 4) is 0 Å². The molecule has 1 atom stereocenters. The van der Waals surface area contributed by atoms with E-state index >= 15 is 0 Å². The van der Waals surface area contributed by atoms with Crippen molar-refractivity contribution >= 4 is 46.2 Å². The first-order valence-corrected chi connectivity index (χ1v) is 6.99. The molecule has 1 aromatic rings. The lowest BCUT2D eigenvalue weighted by atomic mass is 10.3. The standard InChI is InChI=1S/C12H11ClN2O4S/c13-7-1-3-8(4-2-7)14-10-11(18)15(12(19)20-10)6-5-9(16)17/h1-4,10,14H,5-6H2,(H,16,17)/t10-/m0/s1. The number of rotatable bonds is 5. The molecular weight excluding hydrogens is 304 g/mol. The molecule has 1 aliphatic heterocycles. The van der Waals surface area contributed by atoms with Crippen LogP contribution in [-0.4, -0.2) is 39.0 Å². The summed E-state index contributed by atoms with van der Waals surface area (Å²) in [5.74, 6) is -1.49. The van der Waals surface area contributed by atoms with Crippen molar-refractivity contribution in [2.45, 2.75) is 11.8 Å². The Morgan fingerprint density at radius 2 is 2.00 bits per heavy atom. The third-order valence-electron chi connectivity index (χ3n) is 2.62. The van der Waals surface area contributed by atoms with Crippen LogP contribution in [0.3, 0.4) is 0 Å². The average Bonchev–Trinajstić information content (AvgIpc) is 2.65. The van der Waals surface area contributed by atoms with Crippen LogP contribution in [0, 0.1) is 0 Å². The van der Waals surface area contributed by atoms with E-state index in [-0.39, 0.29) is 13.0 Å². The minimum atomic E-state index is -1.05. The second-order valence-electron chi connectivity index (χ2n) is 4.05. The van der Waals surface area contributed by atoms with Gasteiger partial charge in [-0.1, -0.05) is 11.6 Å². The molecule has 1 fully saturated rings. The molecule has 6 nitrogen and oxygen atoms in total. The molecule has 0 spiro atoms. The predicted octanol–water partition coefficient (Wildman–Crippen LogP) is 2.25. The van der Waals surface area contributed by atoms with E-state index in [1.165, 1.54) is 0 Å². The molecule has 2 rings (SSSR count). The lowest BCUT2D eigenvalue weighted by Crippen LogP contribution is -2.35. The zero-order valence-corrected chi connectivity index (χ0v) is 11.8. The molecule has 20 heavy (non-hydrogen) atoms. The molecule has 1 heterocycles. The van der Waals surface area contributed by atoms with E-state index in [0.29, 0.717) is 10.7 Å². The van der Waals surface area contributed by atoms with Crippen LogP contribution >= 0.6 is 23.4 Å². The van der Waals surface area contributed by atoms with Gasteiger partial charge in [0, 0.05) is 17.3 Å². The fourth-order valence-electron chi connectivity index (χ4n) is 1.64. The normalized spacial score (nSPS) is 18.4. The van der Waals surface area contributed by atoms with Crippen LogP contribution < -0.4 is 5.32 Å². The zero-order valence-electron chi connectivity index (χ0n) is 10.2. The number of carbonyl (C=O) groups excluding carboxylic acids is 2. The van der Waals surface area contributed by atoms with Gasteiger partial charge in [0.1, 0.15) is 0 Å². The van der Waals surface area contributed by atoms with Crippen molar-refractivity contribution in [1.29, 1.82) is 0 Å². The highest BCUT2D eigenvalue weighted by Crippen LogP contribution is 2.28. The maximum atomic E-state index is 12.0. The largest absolute Gasteiger partial charge is 0.481 e. The van der Waals surface area contributed by atoms with Crippen LogP contribution in [0.15, 0.2) is 24.3 Å². The smallest absolute Gasteiger partial charge is 0.305 e.